The summed E-state index contributed by atoms with van der Waals surface area (Å²) in [5.41, 5.74) is 0.146. The molecule has 0 amide bonds. The van der Waals surface area contributed by atoms with Crippen molar-refractivity contribution in [1.82, 2.24) is 4.98 Å². The topological polar surface area (TPSA) is 76.2 Å². The summed E-state index contributed by atoms with van der Waals surface area (Å²) in [6, 6.07) is 1.26. The minimum atomic E-state index is -3.27. The van der Waals surface area contributed by atoms with Crippen LogP contribution in [0.4, 0.5) is 0 Å². The summed E-state index contributed by atoms with van der Waals surface area (Å²) in [6.07, 6.45) is 2.34. The van der Waals surface area contributed by atoms with E-state index in [1.165, 1.54) is 12.3 Å². The van der Waals surface area contributed by atoms with Gasteiger partial charge in [0.25, 0.3) is 0 Å². The van der Waals surface area contributed by atoms with Gasteiger partial charge in [-0.3, -0.25) is 0 Å². The van der Waals surface area contributed by atoms with Crippen LogP contribution in [0.2, 0.25) is 0 Å². The number of carbonyl (C=O) groups excluding carboxylic acids is 1. The first kappa shape index (κ1) is 10.8. The van der Waals surface area contributed by atoms with E-state index >= 15 is 0 Å². The van der Waals surface area contributed by atoms with Gasteiger partial charge in [-0.1, -0.05) is 0 Å². The molecule has 0 bridgehead atoms. The lowest BCUT2D eigenvalue weighted by atomic mass is 10.4. The fraction of sp³-hybridized carbons (Fsp3) is 0.375. The van der Waals surface area contributed by atoms with Crippen molar-refractivity contribution in [2.24, 2.45) is 0 Å². The molecule has 1 aromatic heterocycles. The van der Waals surface area contributed by atoms with Gasteiger partial charge in [0, 0.05) is 12.5 Å². The molecule has 0 aliphatic rings. The quantitative estimate of drug-likeness (QED) is 0.752. The van der Waals surface area contributed by atoms with Gasteiger partial charge in [0.15, 0.2) is 9.84 Å². The van der Waals surface area contributed by atoms with E-state index in [2.05, 4.69) is 9.72 Å². The van der Waals surface area contributed by atoms with Gasteiger partial charge < -0.3 is 9.72 Å². The number of carbonyl (C=O) groups is 1. The van der Waals surface area contributed by atoms with Gasteiger partial charge in [-0.25, -0.2) is 13.2 Å². The summed E-state index contributed by atoms with van der Waals surface area (Å²) in [4.78, 5) is 13.8. The third kappa shape index (κ3) is 2.35. The number of hydrogen-bond donors (Lipinski definition) is 1. The average Bonchev–Trinajstić information content (AvgIpc) is 2.51. The van der Waals surface area contributed by atoms with Crippen LogP contribution in [-0.2, 0) is 14.6 Å². The molecule has 0 fully saturated rings. The molecule has 0 aromatic carbocycles. The third-order valence-corrected chi connectivity index (χ3v) is 2.67. The number of nitrogens with one attached hydrogen (secondary N) is 1. The zero-order valence-corrected chi connectivity index (χ0v) is 8.72. The minimum absolute atomic E-state index is 0.0838. The van der Waals surface area contributed by atoms with Crippen LogP contribution in [0.15, 0.2) is 17.2 Å². The Morgan fingerprint density at radius 1 is 1.57 bits per heavy atom. The molecule has 0 aliphatic heterocycles. The summed E-state index contributed by atoms with van der Waals surface area (Å²) < 4.78 is 26.8. The molecule has 1 heterocycles. The zero-order chi connectivity index (χ0) is 10.8. The average molecular weight is 217 g/mol. The smallest absolute Gasteiger partial charge is 0.354 e. The van der Waals surface area contributed by atoms with Crippen LogP contribution < -0.4 is 0 Å². The number of hydrogen-bond acceptors (Lipinski definition) is 4. The van der Waals surface area contributed by atoms with Crippen LogP contribution >= 0.6 is 0 Å². The van der Waals surface area contributed by atoms with Gasteiger partial charge in [0.05, 0.1) is 11.5 Å². The summed E-state index contributed by atoms with van der Waals surface area (Å²) in [5.74, 6) is -0.553. The van der Waals surface area contributed by atoms with Crippen molar-refractivity contribution in [3.8, 4) is 0 Å². The maximum atomic E-state index is 11.1. The van der Waals surface area contributed by atoms with E-state index in [-0.39, 0.29) is 17.2 Å². The zero-order valence-electron chi connectivity index (χ0n) is 7.90. The molecule has 1 N–H and O–H groups in total. The lowest BCUT2D eigenvalue weighted by Gasteiger charge is -1.96. The third-order valence-electron chi connectivity index (χ3n) is 1.58. The summed E-state index contributed by atoms with van der Waals surface area (Å²) >= 11 is 0. The maximum absolute atomic E-state index is 11.1. The van der Waals surface area contributed by atoms with Gasteiger partial charge >= 0.3 is 5.97 Å². The molecule has 14 heavy (non-hydrogen) atoms. The molecule has 6 heteroatoms. The van der Waals surface area contributed by atoms with E-state index in [1.807, 2.05) is 0 Å². The highest BCUT2D eigenvalue weighted by molar-refractivity contribution is 7.90. The monoisotopic (exact) mass is 217 g/mol. The standard InChI is InChI=1S/C8H11NO4S/c1-3-13-8(10)7-4-6(5-9-7)14(2,11)12/h4-5,9H,3H2,1-2H3. The Balaban J connectivity index is 2.94. The van der Waals surface area contributed by atoms with Crippen LogP contribution in [0.25, 0.3) is 0 Å². The van der Waals surface area contributed by atoms with Crippen LogP contribution in [0.3, 0.4) is 0 Å². The number of ether oxygens (including phenoxy) is 1. The molecule has 0 spiro atoms. The first-order valence-corrected chi connectivity index (χ1v) is 5.90. The fourth-order valence-corrected chi connectivity index (χ4v) is 1.52. The Hall–Kier alpha value is -1.30. The first-order chi connectivity index (χ1) is 6.45. The molecular formula is C8H11NO4S. The van der Waals surface area contributed by atoms with E-state index in [9.17, 15) is 13.2 Å². The Morgan fingerprint density at radius 2 is 2.21 bits per heavy atom. The molecule has 0 atom stereocenters. The highest BCUT2D eigenvalue weighted by atomic mass is 32.2. The molecule has 0 aliphatic carbocycles. The summed E-state index contributed by atoms with van der Waals surface area (Å²) in [6.45, 7) is 1.93. The number of aromatic amines is 1. The predicted molar refractivity (Wildman–Crippen MR) is 49.9 cm³/mol. The maximum Gasteiger partial charge on any atom is 0.354 e. The SMILES string of the molecule is CCOC(=O)c1cc(S(C)(=O)=O)c[nH]1. The van der Waals surface area contributed by atoms with Crippen molar-refractivity contribution >= 4 is 15.8 Å². The minimum Gasteiger partial charge on any atom is -0.461 e. The second kappa shape index (κ2) is 3.83. The predicted octanol–water partition coefficient (Wildman–Crippen LogP) is 0.595. The second-order valence-electron chi connectivity index (χ2n) is 2.74. The van der Waals surface area contributed by atoms with E-state index < -0.39 is 15.8 Å². The van der Waals surface area contributed by atoms with Crippen molar-refractivity contribution < 1.29 is 17.9 Å². The van der Waals surface area contributed by atoms with Crippen LogP contribution in [0, 0.1) is 0 Å². The molecule has 5 nitrogen and oxygen atoms in total. The highest BCUT2D eigenvalue weighted by Crippen LogP contribution is 2.10. The largest absolute Gasteiger partial charge is 0.461 e. The molecule has 0 radical (unpaired) electrons. The number of rotatable bonds is 3. The van der Waals surface area contributed by atoms with Crippen LogP contribution in [0.5, 0.6) is 0 Å². The fourth-order valence-electron chi connectivity index (χ4n) is 0.915. The molecule has 1 aromatic rings. The molecule has 0 saturated carbocycles. The Bertz CT molecular complexity index is 432. The summed E-state index contributed by atoms with van der Waals surface area (Å²) in [5, 5.41) is 0. The Kier molecular flexibility index (Phi) is 2.95. The number of esters is 1. The van der Waals surface area contributed by atoms with Gasteiger partial charge in [0.2, 0.25) is 0 Å². The van der Waals surface area contributed by atoms with Crippen molar-refractivity contribution in [3.05, 3.63) is 18.0 Å². The van der Waals surface area contributed by atoms with Gasteiger partial charge in [0.1, 0.15) is 5.69 Å². The Labute approximate surface area is 82.0 Å². The number of H-pyrrole nitrogens is 1. The van der Waals surface area contributed by atoms with Crippen molar-refractivity contribution in [1.29, 1.82) is 0 Å². The van der Waals surface area contributed by atoms with Gasteiger partial charge in [-0.05, 0) is 13.0 Å². The number of sulfone groups is 1. The van der Waals surface area contributed by atoms with Crippen LogP contribution in [0.1, 0.15) is 17.4 Å². The Morgan fingerprint density at radius 3 is 2.64 bits per heavy atom. The molecule has 0 saturated heterocycles. The summed E-state index contributed by atoms with van der Waals surface area (Å²) in [7, 11) is -3.27. The van der Waals surface area contributed by atoms with Crippen molar-refractivity contribution in [2.45, 2.75) is 11.8 Å². The van der Waals surface area contributed by atoms with Crippen molar-refractivity contribution in [2.75, 3.05) is 12.9 Å². The highest BCUT2D eigenvalue weighted by Gasteiger charge is 2.14. The molecule has 0 unspecified atom stereocenters. The molecular weight excluding hydrogens is 206 g/mol. The molecule has 78 valence electrons. The van der Waals surface area contributed by atoms with E-state index in [4.69, 9.17) is 0 Å². The molecule has 1 rings (SSSR count). The normalized spacial score (nSPS) is 11.3. The lowest BCUT2D eigenvalue weighted by molar-refractivity contribution is 0.0520. The van der Waals surface area contributed by atoms with E-state index in [0.29, 0.717) is 0 Å². The van der Waals surface area contributed by atoms with E-state index in [1.54, 1.807) is 6.92 Å². The first-order valence-electron chi connectivity index (χ1n) is 4.00. The van der Waals surface area contributed by atoms with Crippen LogP contribution in [-0.4, -0.2) is 32.2 Å². The number of aromatic nitrogens is 1. The van der Waals surface area contributed by atoms with Gasteiger partial charge in [-0.15, -0.1) is 0 Å². The van der Waals surface area contributed by atoms with Crippen molar-refractivity contribution in [3.63, 3.8) is 0 Å². The van der Waals surface area contributed by atoms with Gasteiger partial charge in [-0.2, -0.15) is 0 Å². The lowest BCUT2D eigenvalue weighted by Crippen LogP contribution is -2.04. The second-order valence-corrected chi connectivity index (χ2v) is 4.76. The van der Waals surface area contributed by atoms with E-state index in [0.717, 1.165) is 6.26 Å².